The van der Waals surface area contributed by atoms with Crippen molar-refractivity contribution >= 4 is 78.0 Å². The standard InChI is InChI=1S/C28H27O9P2S3.4Na.O3S/c29-40(30,31)26-14-6-11-23(19-26)38(22-9-2-1-3-10-22)17-4-5-18-39(24-12-7-15-27(20-24)41(32,33)34)25-13-8-16-28(21-25)42(35,36)37;;;;;1-4(2)3/h1-2,6-16,19-21H,4-5,17-18H2,(H,29,30,31)(H,32,33,34)(H,35,36,37);;;;;/q-1;4*+1;/p-3. The molecule has 0 amide bonds. The second kappa shape index (κ2) is 24.6. The Labute approximate surface area is 385 Å². The van der Waals surface area contributed by atoms with Crippen molar-refractivity contribution in [2.24, 2.45) is 0 Å². The molecule has 4 rings (SSSR count). The first-order valence-corrected chi connectivity index (χ1v) is 21.2. The van der Waals surface area contributed by atoms with E-state index in [1.54, 1.807) is 24.3 Å². The van der Waals surface area contributed by atoms with Gasteiger partial charge in [0, 0.05) is 0 Å². The molecule has 0 aliphatic carbocycles. The van der Waals surface area contributed by atoms with Crippen molar-refractivity contribution in [3.8, 4) is 0 Å². The van der Waals surface area contributed by atoms with Gasteiger partial charge in [0.25, 0.3) is 0 Å². The number of hydrogen-bond donors (Lipinski definition) is 0. The summed E-state index contributed by atoms with van der Waals surface area (Å²) in [6.07, 6.45) is 2.36. The Balaban J connectivity index is 0. The summed E-state index contributed by atoms with van der Waals surface area (Å²) in [6.45, 7) is 0. The monoisotopic (exact) mass is 834 g/mol. The first-order chi connectivity index (χ1) is 21.5. The van der Waals surface area contributed by atoms with Gasteiger partial charge in [0.05, 0.1) is 14.7 Å². The first kappa shape index (κ1) is 53.2. The van der Waals surface area contributed by atoms with Gasteiger partial charge in [0.2, 0.25) is 0 Å². The topological polar surface area (TPSA) is 223 Å². The van der Waals surface area contributed by atoms with E-state index in [0.717, 1.165) is 5.30 Å². The predicted molar refractivity (Wildman–Crippen MR) is 170 cm³/mol. The Morgan fingerprint density at radius 3 is 1.10 bits per heavy atom. The van der Waals surface area contributed by atoms with E-state index in [4.69, 9.17) is 12.6 Å². The van der Waals surface area contributed by atoms with E-state index in [9.17, 15) is 38.9 Å². The summed E-state index contributed by atoms with van der Waals surface area (Å²) < 4.78 is 130. The van der Waals surface area contributed by atoms with Crippen molar-refractivity contribution in [3.63, 3.8) is 0 Å². The van der Waals surface area contributed by atoms with Gasteiger partial charge >= 0.3 is 129 Å². The van der Waals surface area contributed by atoms with E-state index >= 15 is 0 Å². The number of rotatable bonds is 12. The van der Waals surface area contributed by atoms with Gasteiger partial charge < -0.3 is 13.7 Å². The third-order valence-electron chi connectivity index (χ3n) is 6.27. The molecule has 22 heteroatoms. The summed E-state index contributed by atoms with van der Waals surface area (Å²) in [4.78, 5) is -1.12. The molecule has 0 fully saturated rings. The van der Waals surface area contributed by atoms with Crippen molar-refractivity contribution < 1.29 is 170 Å². The molecular formula is C28H24Na4O12P2S4. The summed E-state index contributed by atoms with van der Waals surface area (Å²) in [5.41, 5.74) is 0. The molecule has 0 radical (unpaired) electrons. The van der Waals surface area contributed by atoms with Gasteiger partial charge in [-0.05, 0) is 85.4 Å². The van der Waals surface area contributed by atoms with Crippen LogP contribution in [0.15, 0.2) is 112 Å². The summed E-state index contributed by atoms with van der Waals surface area (Å²) in [7, 11) is -19.7. The summed E-state index contributed by atoms with van der Waals surface area (Å²) in [6, 6.07) is 27.5. The third-order valence-corrected chi connectivity index (χ3v) is 13.9. The Kier molecular flexibility index (Phi) is 26.1. The maximum atomic E-state index is 11.7. The van der Waals surface area contributed by atoms with E-state index < -0.39 is 66.6 Å². The van der Waals surface area contributed by atoms with Crippen molar-refractivity contribution in [1.29, 1.82) is 0 Å². The third kappa shape index (κ3) is 17.7. The number of unbranched alkanes of at least 4 members (excludes halogenated alkanes) is 1. The molecule has 1 unspecified atom stereocenters. The molecule has 0 saturated heterocycles. The average Bonchev–Trinajstić information content (AvgIpc) is 2.98. The molecule has 0 spiro atoms. The minimum atomic E-state index is -4.74. The average molecular weight is 835 g/mol. The smallest absolute Gasteiger partial charge is 0.744 e. The molecule has 0 saturated carbocycles. The van der Waals surface area contributed by atoms with Crippen LogP contribution in [0.1, 0.15) is 12.8 Å². The van der Waals surface area contributed by atoms with E-state index in [0.29, 0.717) is 41.1 Å². The van der Waals surface area contributed by atoms with Gasteiger partial charge in [-0.1, -0.05) is 36.4 Å². The van der Waals surface area contributed by atoms with Gasteiger partial charge in [-0.3, -0.25) is 0 Å². The predicted octanol–water partition coefficient (Wildman–Crippen LogP) is -10.4. The summed E-state index contributed by atoms with van der Waals surface area (Å²) in [5, 5.41) is 2.73. The Morgan fingerprint density at radius 1 is 0.520 bits per heavy atom. The second-order valence-corrected chi connectivity index (χ2v) is 18.5. The molecule has 1 atom stereocenters. The summed E-state index contributed by atoms with van der Waals surface area (Å²) in [5.74, 6) is 0. The van der Waals surface area contributed by atoms with Crippen molar-refractivity contribution in [3.05, 3.63) is 103 Å². The van der Waals surface area contributed by atoms with Crippen LogP contribution >= 0.6 is 15.8 Å². The van der Waals surface area contributed by atoms with Gasteiger partial charge in [-0.2, -0.15) is 30.3 Å². The number of hydrogen-bond acceptors (Lipinski definition) is 12. The van der Waals surface area contributed by atoms with E-state index in [2.05, 4.69) is 6.07 Å². The van der Waals surface area contributed by atoms with Crippen LogP contribution in [0.4, 0.5) is 0 Å². The SMILES string of the molecule is O=S(=O)([O-])c1cccc(P(CCCCP(c2cccc(S(=O)(=O)[O-])c2)c2cccc(S(=O)(=O)[O-])c2)c2c[c-]ccc2)c1.O=S(=O)=O.[Na+].[Na+].[Na+].[Na+]. The van der Waals surface area contributed by atoms with Crippen LogP contribution in [0.25, 0.3) is 0 Å². The van der Waals surface area contributed by atoms with Crippen LogP contribution in [-0.2, 0) is 41.0 Å². The molecule has 0 N–H and O–H groups in total. The minimum absolute atomic E-state index is 0. The van der Waals surface area contributed by atoms with Crippen LogP contribution in [0, 0.1) is 6.07 Å². The Hall–Kier alpha value is 1.09. The summed E-state index contributed by atoms with van der Waals surface area (Å²) >= 11 is 0. The van der Waals surface area contributed by atoms with Crippen molar-refractivity contribution in [2.75, 3.05) is 12.3 Å². The molecule has 0 aliphatic rings. The second-order valence-electron chi connectivity index (χ2n) is 9.33. The normalized spacial score (nSPS) is 11.6. The maximum Gasteiger partial charge on any atom is 1.00 e. The molecule has 4 aromatic rings. The van der Waals surface area contributed by atoms with E-state index in [-0.39, 0.29) is 123 Å². The van der Waals surface area contributed by atoms with Gasteiger partial charge in [-0.25, -0.2) is 25.3 Å². The van der Waals surface area contributed by atoms with Gasteiger partial charge in [0.1, 0.15) is 30.4 Å². The Morgan fingerprint density at radius 2 is 0.820 bits per heavy atom. The molecular weight excluding hydrogens is 810 g/mol. The van der Waals surface area contributed by atoms with Crippen LogP contribution in [0.2, 0.25) is 0 Å². The molecule has 50 heavy (non-hydrogen) atoms. The largest absolute Gasteiger partial charge is 1.00 e. The van der Waals surface area contributed by atoms with Crippen LogP contribution in [0.3, 0.4) is 0 Å². The zero-order valence-corrected chi connectivity index (χ0v) is 40.5. The molecule has 246 valence electrons. The molecule has 0 heterocycles. The maximum absolute atomic E-state index is 11.7. The van der Waals surface area contributed by atoms with Crippen LogP contribution < -0.4 is 139 Å². The van der Waals surface area contributed by atoms with Gasteiger partial charge in [0.15, 0.2) is 0 Å². The molecule has 12 nitrogen and oxygen atoms in total. The number of benzene rings is 4. The zero-order chi connectivity index (χ0) is 34.1. The van der Waals surface area contributed by atoms with Crippen LogP contribution in [0.5, 0.6) is 0 Å². The van der Waals surface area contributed by atoms with Gasteiger partial charge in [-0.15, -0.1) is 25.9 Å². The zero-order valence-electron chi connectivity index (χ0n) is 27.5. The quantitative estimate of drug-likeness (QED) is 0.0427. The van der Waals surface area contributed by atoms with E-state index in [1.165, 1.54) is 54.6 Å². The van der Waals surface area contributed by atoms with E-state index in [1.807, 2.05) is 18.2 Å². The van der Waals surface area contributed by atoms with Crippen LogP contribution in [-0.4, -0.2) is 63.9 Å². The fraction of sp³-hybridized carbons (Fsp3) is 0.143. The Bertz CT molecular complexity index is 2050. The minimum Gasteiger partial charge on any atom is -0.744 e. The molecule has 0 aromatic heterocycles. The van der Waals surface area contributed by atoms with Crippen molar-refractivity contribution in [2.45, 2.75) is 27.5 Å². The fourth-order valence-corrected chi connectivity index (χ4v) is 11.0. The first-order valence-electron chi connectivity index (χ1n) is 12.9. The molecule has 0 aliphatic heterocycles. The van der Waals surface area contributed by atoms with Crippen molar-refractivity contribution in [1.82, 2.24) is 0 Å². The molecule has 0 bridgehead atoms. The molecule has 4 aromatic carbocycles. The fourth-order valence-electron chi connectivity index (χ4n) is 4.33.